The number of aryl methyl sites for hydroxylation is 3. The lowest BCUT2D eigenvalue weighted by atomic mass is 10.00. The smallest absolute Gasteiger partial charge is 0.186 e. The second-order valence-corrected chi connectivity index (χ2v) is 6.19. The number of nitrogens with zero attached hydrogens (tertiary/aromatic N) is 1. The van der Waals surface area contributed by atoms with Crippen LogP contribution in [0.15, 0.2) is 34.9 Å². The zero-order chi connectivity index (χ0) is 14.3. The van der Waals surface area contributed by atoms with Gasteiger partial charge in [-0.25, -0.2) is 0 Å². The molecule has 3 nitrogen and oxygen atoms in total. The molecule has 0 fully saturated rings. The van der Waals surface area contributed by atoms with Crippen LogP contribution in [0, 0.1) is 20.8 Å². The lowest BCUT2D eigenvalue weighted by molar-refractivity contribution is 0.437. The summed E-state index contributed by atoms with van der Waals surface area (Å²) in [6.45, 7) is 6.27. The van der Waals surface area contributed by atoms with Gasteiger partial charge in [-0.15, -0.1) is 11.3 Å². The Balaban J connectivity index is 2.23. The van der Waals surface area contributed by atoms with Gasteiger partial charge in [0.1, 0.15) is 0 Å². The predicted octanol–water partition coefficient (Wildman–Crippen LogP) is 4.58. The summed E-state index contributed by atoms with van der Waals surface area (Å²) < 4.78 is 5.49. The average molecular weight is 284 g/mol. The van der Waals surface area contributed by atoms with Crippen LogP contribution in [0.2, 0.25) is 0 Å². The van der Waals surface area contributed by atoms with Crippen molar-refractivity contribution >= 4 is 17.2 Å². The van der Waals surface area contributed by atoms with Gasteiger partial charge in [0.15, 0.2) is 11.6 Å². The number of nitrogens with two attached hydrogens (primary N) is 1. The SMILES string of the molecule is Cc1ccccc1-c1c(N)noc1-c1cc(C)c(C)s1. The van der Waals surface area contributed by atoms with Gasteiger partial charge >= 0.3 is 0 Å². The molecule has 3 aromatic rings. The first-order valence-electron chi connectivity index (χ1n) is 6.46. The molecule has 4 heteroatoms. The molecule has 0 saturated carbocycles. The first-order chi connectivity index (χ1) is 9.58. The van der Waals surface area contributed by atoms with E-state index in [1.165, 1.54) is 10.4 Å². The number of aromatic nitrogens is 1. The van der Waals surface area contributed by atoms with Gasteiger partial charge in [0, 0.05) is 4.88 Å². The van der Waals surface area contributed by atoms with Crippen molar-refractivity contribution in [2.24, 2.45) is 0 Å². The Bertz CT molecular complexity index is 751. The molecule has 3 rings (SSSR count). The fourth-order valence-electron chi connectivity index (χ4n) is 2.27. The van der Waals surface area contributed by atoms with Crippen LogP contribution in [0.25, 0.3) is 21.8 Å². The molecule has 2 N–H and O–H groups in total. The van der Waals surface area contributed by atoms with Crippen molar-refractivity contribution in [3.05, 3.63) is 46.3 Å². The Kier molecular flexibility index (Phi) is 3.10. The summed E-state index contributed by atoms with van der Waals surface area (Å²) in [5.41, 5.74) is 10.4. The molecule has 102 valence electrons. The molecule has 0 atom stereocenters. The molecule has 0 saturated heterocycles. The van der Waals surface area contributed by atoms with Crippen LogP contribution >= 0.6 is 11.3 Å². The molecule has 0 aliphatic heterocycles. The Morgan fingerprint density at radius 3 is 2.50 bits per heavy atom. The van der Waals surface area contributed by atoms with Gasteiger partial charge in [-0.05, 0) is 43.5 Å². The summed E-state index contributed by atoms with van der Waals surface area (Å²) in [5, 5.41) is 3.96. The van der Waals surface area contributed by atoms with Crippen LogP contribution in [0.3, 0.4) is 0 Å². The van der Waals surface area contributed by atoms with Gasteiger partial charge in [0.2, 0.25) is 0 Å². The van der Waals surface area contributed by atoms with E-state index in [0.29, 0.717) is 5.82 Å². The van der Waals surface area contributed by atoms with Gasteiger partial charge in [-0.1, -0.05) is 29.4 Å². The highest BCUT2D eigenvalue weighted by Crippen LogP contribution is 2.41. The van der Waals surface area contributed by atoms with Crippen LogP contribution in [-0.2, 0) is 0 Å². The maximum atomic E-state index is 6.02. The third kappa shape index (κ3) is 2.02. The molecule has 0 amide bonds. The first kappa shape index (κ1) is 12.9. The summed E-state index contributed by atoms with van der Waals surface area (Å²) in [4.78, 5) is 2.35. The number of anilines is 1. The maximum absolute atomic E-state index is 6.02. The molecular weight excluding hydrogens is 268 g/mol. The highest BCUT2D eigenvalue weighted by atomic mass is 32.1. The van der Waals surface area contributed by atoms with E-state index in [0.717, 1.165) is 27.3 Å². The lowest BCUT2D eigenvalue weighted by Gasteiger charge is -2.04. The number of thiophene rings is 1. The largest absolute Gasteiger partial charge is 0.380 e. The van der Waals surface area contributed by atoms with Crippen molar-refractivity contribution in [3.8, 4) is 21.8 Å². The summed E-state index contributed by atoms with van der Waals surface area (Å²) >= 11 is 1.71. The summed E-state index contributed by atoms with van der Waals surface area (Å²) in [6, 6.07) is 10.3. The molecule has 20 heavy (non-hydrogen) atoms. The van der Waals surface area contributed by atoms with Crippen LogP contribution in [0.4, 0.5) is 5.82 Å². The topological polar surface area (TPSA) is 52.0 Å². The van der Waals surface area contributed by atoms with Crippen molar-refractivity contribution in [1.29, 1.82) is 0 Å². The molecule has 2 heterocycles. The Morgan fingerprint density at radius 1 is 1.10 bits per heavy atom. The minimum Gasteiger partial charge on any atom is -0.380 e. The van der Waals surface area contributed by atoms with E-state index < -0.39 is 0 Å². The van der Waals surface area contributed by atoms with Crippen molar-refractivity contribution in [3.63, 3.8) is 0 Å². The van der Waals surface area contributed by atoms with Gasteiger partial charge < -0.3 is 10.3 Å². The van der Waals surface area contributed by atoms with E-state index >= 15 is 0 Å². The number of rotatable bonds is 2. The quantitative estimate of drug-likeness (QED) is 0.749. The number of nitrogen functional groups attached to an aromatic ring is 1. The molecule has 0 bridgehead atoms. The van der Waals surface area contributed by atoms with Crippen LogP contribution < -0.4 is 5.73 Å². The van der Waals surface area contributed by atoms with Gasteiger partial charge in [-0.2, -0.15) is 0 Å². The van der Waals surface area contributed by atoms with E-state index in [-0.39, 0.29) is 0 Å². The zero-order valence-corrected chi connectivity index (χ0v) is 12.5. The Labute approximate surface area is 122 Å². The van der Waals surface area contributed by atoms with Crippen LogP contribution in [-0.4, -0.2) is 5.16 Å². The van der Waals surface area contributed by atoms with E-state index in [4.69, 9.17) is 10.3 Å². The minimum absolute atomic E-state index is 0.443. The van der Waals surface area contributed by atoms with Crippen molar-refractivity contribution in [2.45, 2.75) is 20.8 Å². The van der Waals surface area contributed by atoms with Gasteiger partial charge in [-0.3, -0.25) is 0 Å². The molecule has 0 radical (unpaired) electrons. The molecule has 2 aromatic heterocycles. The van der Waals surface area contributed by atoms with Crippen molar-refractivity contribution < 1.29 is 4.52 Å². The molecule has 0 spiro atoms. The highest BCUT2D eigenvalue weighted by molar-refractivity contribution is 7.15. The van der Waals surface area contributed by atoms with E-state index in [9.17, 15) is 0 Å². The molecule has 0 unspecified atom stereocenters. The average Bonchev–Trinajstić information content (AvgIpc) is 2.94. The molecule has 1 aromatic carbocycles. The summed E-state index contributed by atoms with van der Waals surface area (Å²) in [6.07, 6.45) is 0. The summed E-state index contributed by atoms with van der Waals surface area (Å²) in [7, 11) is 0. The normalized spacial score (nSPS) is 10.9. The highest BCUT2D eigenvalue weighted by Gasteiger charge is 2.20. The van der Waals surface area contributed by atoms with Crippen LogP contribution in [0.1, 0.15) is 16.0 Å². The van der Waals surface area contributed by atoms with Gasteiger partial charge in [0.05, 0.1) is 10.4 Å². The van der Waals surface area contributed by atoms with E-state index in [2.05, 4.69) is 44.1 Å². The van der Waals surface area contributed by atoms with Gasteiger partial charge in [0.25, 0.3) is 0 Å². The van der Waals surface area contributed by atoms with E-state index in [1.807, 2.05) is 12.1 Å². The number of hydrogen-bond donors (Lipinski definition) is 1. The number of benzene rings is 1. The second-order valence-electron chi connectivity index (χ2n) is 4.94. The third-order valence-corrected chi connectivity index (χ3v) is 4.67. The van der Waals surface area contributed by atoms with Crippen molar-refractivity contribution in [2.75, 3.05) is 5.73 Å². The number of hydrogen-bond acceptors (Lipinski definition) is 4. The molecule has 0 aliphatic carbocycles. The lowest BCUT2D eigenvalue weighted by Crippen LogP contribution is -1.90. The fraction of sp³-hybridized carbons (Fsp3) is 0.188. The predicted molar refractivity (Wildman–Crippen MR) is 83.9 cm³/mol. The van der Waals surface area contributed by atoms with Crippen molar-refractivity contribution in [1.82, 2.24) is 5.16 Å². The standard InChI is InChI=1S/C16H16N2OS/c1-9-6-4-5-7-12(9)14-15(19-18-16(14)17)13-8-10(2)11(3)20-13/h4-8H,1-3H3,(H2,17,18). The third-order valence-electron chi connectivity index (χ3n) is 3.52. The Hall–Kier alpha value is -2.07. The molecule has 0 aliphatic rings. The summed E-state index contributed by atoms with van der Waals surface area (Å²) in [5.74, 6) is 1.20. The zero-order valence-electron chi connectivity index (χ0n) is 11.7. The van der Waals surface area contributed by atoms with Crippen LogP contribution in [0.5, 0.6) is 0 Å². The second kappa shape index (κ2) is 4.80. The minimum atomic E-state index is 0.443. The monoisotopic (exact) mass is 284 g/mol. The maximum Gasteiger partial charge on any atom is 0.186 e. The Morgan fingerprint density at radius 2 is 1.85 bits per heavy atom. The molecular formula is C16H16N2OS. The first-order valence-corrected chi connectivity index (χ1v) is 7.28. The fourth-order valence-corrected chi connectivity index (χ4v) is 3.29. The van der Waals surface area contributed by atoms with E-state index in [1.54, 1.807) is 11.3 Å².